The van der Waals surface area contributed by atoms with Crippen LogP contribution in [0.15, 0.2) is 23.2 Å². The van der Waals surface area contributed by atoms with Crippen molar-refractivity contribution in [3.05, 3.63) is 29.3 Å². The molecule has 1 aliphatic carbocycles. The first kappa shape index (κ1) is 23.2. The van der Waals surface area contributed by atoms with Gasteiger partial charge in [-0.2, -0.15) is 0 Å². The molecule has 3 rings (SSSR count). The molecule has 0 aromatic heterocycles. The second-order valence-electron chi connectivity index (χ2n) is 7.52. The van der Waals surface area contributed by atoms with Gasteiger partial charge in [0.1, 0.15) is 5.75 Å². The number of aliphatic imine (C=N–C) groups is 1. The maximum Gasteiger partial charge on any atom is 0.191 e. The van der Waals surface area contributed by atoms with E-state index in [1.54, 1.807) is 7.05 Å². The summed E-state index contributed by atoms with van der Waals surface area (Å²) in [5.41, 5.74) is 2.33. The van der Waals surface area contributed by atoms with Gasteiger partial charge in [0.25, 0.3) is 0 Å². The van der Waals surface area contributed by atoms with Gasteiger partial charge < -0.3 is 24.8 Å². The van der Waals surface area contributed by atoms with E-state index in [4.69, 9.17) is 14.2 Å². The number of halogens is 1. The first-order valence-corrected chi connectivity index (χ1v) is 10.1. The normalized spacial score (nSPS) is 19.2. The van der Waals surface area contributed by atoms with Crippen LogP contribution in [0.2, 0.25) is 0 Å². The summed E-state index contributed by atoms with van der Waals surface area (Å²) in [4.78, 5) is 4.29. The molecule has 158 valence electrons. The molecule has 1 aromatic rings. The number of nitrogens with one attached hydrogen (secondary N) is 2. The number of rotatable bonds is 10. The minimum absolute atomic E-state index is 0. The number of nitrogens with zero attached hydrogens (tertiary/aromatic N) is 1. The SMILES string of the molecule is CN=C(NCCOCC1CC1)NCc1ccc(C)cc1OCC1CCOC1.I. The van der Waals surface area contributed by atoms with Crippen LogP contribution in [0.25, 0.3) is 0 Å². The van der Waals surface area contributed by atoms with Crippen molar-refractivity contribution in [2.24, 2.45) is 16.8 Å². The Labute approximate surface area is 185 Å². The van der Waals surface area contributed by atoms with E-state index >= 15 is 0 Å². The van der Waals surface area contributed by atoms with Crippen molar-refractivity contribution in [1.29, 1.82) is 0 Å². The van der Waals surface area contributed by atoms with E-state index in [0.717, 1.165) is 56.0 Å². The van der Waals surface area contributed by atoms with Crippen LogP contribution in [0, 0.1) is 18.8 Å². The molecule has 28 heavy (non-hydrogen) atoms. The number of ether oxygens (including phenoxy) is 3. The van der Waals surface area contributed by atoms with E-state index < -0.39 is 0 Å². The zero-order valence-electron chi connectivity index (χ0n) is 17.0. The molecule has 1 atom stereocenters. The Morgan fingerprint density at radius 1 is 1.18 bits per heavy atom. The summed E-state index contributed by atoms with van der Waals surface area (Å²) in [6.07, 6.45) is 3.73. The second-order valence-corrected chi connectivity index (χ2v) is 7.52. The molecule has 1 saturated carbocycles. The summed E-state index contributed by atoms with van der Waals surface area (Å²) in [5, 5.41) is 6.66. The van der Waals surface area contributed by atoms with Crippen LogP contribution in [0.3, 0.4) is 0 Å². The third kappa shape index (κ3) is 8.13. The number of hydrogen-bond acceptors (Lipinski definition) is 4. The topological polar surface area (TPSA) is 64.1 Å². The highest BCUT2D eigenvalue weighted by Crippen LogP contribution is 2.28. The van der Waals surface area contributed by atoms with Crippen molar-refractivity contribution in [2.75, 3.05) is 46.6 Å². The summed E-state index contributed by atoms with van der Waals surface area (Å²) in [7, 11) is 1.78. The predicted molar refractivity (Wildman–Crippen MR) is 123 cm³/mol. The van der Waals surface area contributed by atoms with Crippen LogP contribution in [0.1, 0.15) is 30.4 Å². The fourth-order valence-electron chi connectivity index (χ4n) is 3.04. The Bertz CT molecular complexity index is 617. The van der Waals surface area contributed by atoms with E-state index in [0.29, 0.717) is 25.7 Å². The third-order valence-electron chi connectivity index (χ3n) is 4.98. The van der Waals surface area contributed by atoms with Gasteiger partial charge in [0.05, 0.1) is 19.8 Å². The lowest BCUT2D eigenvalue weighted by Gasteiger charge is -2.17. The van der Waals surface area contributed by atoms with Gasteiger partial charge in [0.2, 0.25) is 0 Å². The molecular formula is C21H34IN3O3. The Kier molecular flexibility index (Phi) is 10.4. The zero-order valence-corrected chi connectivity index (χ0v) is 19.4. The molecule has 1 heterocycles. The Morgan fingerprint density at radius 2 is 2.04 bits per heavy atom. The van der Waals surface area contributed by atoms with E-state index in [2.05, 4.69) is 40.7 Å². The predicted octanol–water partition coefficient (Wildman–Crippen LogP) is 3.12. The van der Waals surface area contributed by atoms with E-state index in [9.17, 15) is 0 Å². The van der Waals surface area contributed by atoms with Gasteiger partial charge in [0, 0.05) is 44.8 Å². The molecule has 1 saturated heterocycles. The molecule has 1 aromatic carbocycles. The van der Waals surface area contributed by atoms with E-state index in [1.807, 2.05) is 0 Å². The third-order valence-corrected chi connectivity index (χ3v) is 4.98. The lowest BCUT2D eigenvalue weighted by molar-refractivity contribution is 0.129. The number of benzene rings is 1. The molecule has 1 unspecified atom stereocenters. The van der Waals surface area contributed by atoms with Crippen molar-refractivity contribution < 1.29 is 14.2 Å². The second kappa shape index (κ2) is 12.5. The highest BCUT2D eigenvalue weighted by atomic mass is 127. The summed E-state index contributed by atoms with van der Waals surface area (Å²) < 4.78 is 17.2. The molecule has 2 aliphatic rings. The fourth-order valence-corrected chi connectivity index (χ4v) is 3.04. The summed E-state index contributed by atoms with van der Waals surface area (Å²) in [6, 6.07) is 6.34. The number of aryl methyl sites for hydroxylation is 1. The Hall–Kier alpha value is -1.06. The van der Waals surface area contributed by atoms with Crippen LogP contribution in [-0.2, 0) is 16.0 Å². The standard InChI is InChI=1S/C21H33N3O3.HI/c1-16-3-6-19(20(11-16)27-15-18-7-9-25-14-18)12-24-21(22-2)23-8-10-26-13-17-4-5-17;/h3,6,11,17-18H,4-5,7-10,12-15H2,1-2H3,(H2,22,23,24);1H. The molecule has 0 radical (unpaired) electrons. The maximum atomic E-state index is 6.11. The van der Waals surface area contributed by atoms with Crippen molar-refractivity contribution in [3.63, 3.8) is 0 Å². The van der Waals surface area contributed by atoms with Crippen molar-refractivity contribution in [2.45, 2.75) is 32.7 Å². The molecule has 0 bridgehead atoms. The minimum Gasteiger partial charge on any atom is -0.493 e. The van der Waals surface area contributed by atoms with Gasteiger partial charge in [-0.1, -0.05) is 12.1 Å². The molecule has 2 fully saturated rings. The molecular weight excluding hydrogens is 469 g/mol. The molecule has 7 heteroatoms. The minimum atomic E-state index is 0. The summed E-state index contributed by atoms with van der Waals surface area (Å²) >= 11 is 0. The molecule has 0 spiro atoms. The number of guanidine groups is 1. The molecule has 0 amide bonds. The Morgan fingerprint density at radius 3 is 2.75 bits per heavy atom. The quantitative estimate of drug-likeness (QED) is 0.222. The highest BCUT2D eigenvalue weighted by Gasteiger charge is 2.21. The monoisotopic (exact) mass is 503 g/mol. The van der Waals surface area contributed by atoms with Crippen molar-refractivity contribution in [1.82, 2.24) is 10.6 Å². The van der Waals surface area contributed by atoms with Crippen LogP contribution in [0.5, 0.6) is 5.75 Å². The zero-order chi connectivity index (χ0) is 18.9. The van der Waals surface area contributed by atoms with Gasteiger partial charge in [-0.25, -0.2) is 0 Å². The van der Waals surface area contributed by atoms with Crippen LogP contribution in [-0.4, -0.2) is 52.6 Å². The lowest BCUT2D eigenvalue weighted by Crippen LogP contribution is -2.38. The smallest absolute Gasteiger partial charge is 0.191 e. The van der Waals surface area contributed by atoms with Gasteiger partial charge in [-0.3, -0.25) is 4.99 Å². The van der Waals surface area contributed by atoms with Crippen LogP contribution in [0.4, 0.5) is 0 Å². The first-order chi connectivity index (χ1) is 13.2. The average molecular weight is 503 g/mol. The van der Waals surface area contributed by atoms with Gasteiger partial charge >= 0.3 is 0 Å². The van der Waals surface area contributed by atoms with Crippen molar-refractivity contribution >= 4 is 29.9 Å². The lowest BCUT2D eigenvalue weighted by atomic mass is 10.1. The van der Waals surface area contributed by atoms with E-state index in [1.165, 1.54) is 18.4 Å². The van der Waals surface area contributed by atoms with Crippen LogP contribution >= 0.6 is 24.0 Å². The summed E-state index contributed by atoms with van der Waals surface area (Å²) in [6.45, 7) is 7.47. The van der Waals surface area contributed by atoms with Crippen LogP contribution < -0.4 is 15.4 Å². The van der Waals surface area contributed by atoms with E-state index in [-0.39, 0.29) is 24.0 Å². The molecule has 1 aliphatic heterocycles. The van der Waals surface area contributed by atoms with Crippen molar-refractivity contribution in [3.8, 4) is 5.75 Å². The fraction of sp³-hybridized carbons (Fsp3) is 0.667. The molecule has 2 N–H and O–H groups in total. The molecule has 6 nitrogen and oxygen atoms in total. The van der Waals surface area contributed by atoms with Gasteiger partial charge in [0.15, 0.2) is 5.96 Å². The highest BCUT2D eigenvalue weighted by molar-refractivity contribution is 14.0. The van der Waals surface area contributed by atoms with Gasteiger partial charge in [-0.05, 0) is 43.7 Å². The Balaban J connectivity index is 0.00000280. The summed E-state index contributed by atoms with van der Waals surface area (Å²) in [5.74, 6) is 3.02. The maximum absolute atomic E-state index is 6.11. The first-order valence-electron chi connectivity index (χ1n) is 10.1. The van der Waals surface area contributed by atoms with Gasteiger partial charge in [-0.15, -0.1) is 24.0 Å². The average Bonchev–Trinajstić information content (AvgIpc) is 3.35. The largest absolute Gasteiger partial charge is 0.493 e. The number of hydrogen-bond donors (Lipinski definition) is 2.